The number of carbonyl (C=O) groups is 2. The van der Waals surface area contributed by atoms with Crippen molar-refractivity contribution in [3.8, 4) is 0 Å². The van der Waals surface area contributed by atoms with Gasteiger partial charge in [-0.25, -0.2) is 4.39 Å². The molecule has 21 heavy (non-hydrogen) atoms. The molecule has 0 aliphatic carbocycles. The molecule has 2 atom stereocenters. The van der Waals surface area contributed by atoms with Gasteiger partial charge in [-0.3, -0.25) is 9.59 Å². The molecule has 0 bridgehead atoms. The van der Waals surface area contributed by atoms with Crippen molar-refractivity contribution >= 4 is 23.4 Å². The average Bonchev–Trinajstić information content (AvgIpc) is 2.46. The molecule has 1 fully saturated rings. The Morgan fingerprint density at radius 1 is 1.29 bits per heavy atom. The van der Waals surface area contributed by atoms with Crippen LogP contribution in [0.15, 0.2) is 18.2 Å². The summed E-state index contributed by atoms with van der Waals surface area (Å²) < 4.78 is 13.5. The van der Waals surface area contributed by atoms with E-state index in [4.69, 9.17) is 11.6 Å². The molecule has 4 nitrogen and oxygen atoms in total. The van der Waals surface area contributed by atoms with E-state index < -0.39 is 17.9 Å². The molecule has 1 N–H and O–H groups in total. The van der Waals surface area contributed by atoms with Gasteiger partial charge in [0.1, 0.15) is 17.9 Å². The lowest BCUT2D eigenvalue weighted by molar-refractivity contribution is -0.150. The summed E-state index contributed by atoms with van der Waals surface area (Å²) in [5.74, 6) is -0.805. The van der Waals surface area contributed by atoms with E-state index in [9.17, 15) is 14.0 Å². The largest absolute Gasteiger partial charge is 0.343 e. The fourth-order valence-corrected chi connectivity index (χ4v) is 2.65. The third-order valence-corrected chi connectivity index (χ3v) is 4.01. The third-order valence-electron chi connectivity index (χ3n) is 3.71. The van der Waals surface area contributed by atoms with Crippen LogP contribution < -0.4 is 5.32 Å². The summed E-state index contributed by atoms with van der Waals surface area (Å²) in [4.78, 5) is 26.0. The van der Waals surface area contributed by atoms with Crippen molar-refractivity contribution in [2.75, 3.05) is 0 Å². The first-order valence-electron chi connectivity index (χ1n) is 7.02. The second kappa shape index (κ2) is 6.43. The number of carbonyl (C=O) groups excluding carboxylic acids is 2. The van der Waals surface area contributed by atoms with Crippen molar-refractivity contribution in [3.63, 3.8) is 0 Å². The predicted octanol–water partition coefficient (Wildman–Crippen LogP) is 2.49. The van der Waals surface area contributed by atoms with E-state index in [0.717, 1.165) is 0 Å². The quantitative estimate of drug-likeness (QED) is 0.928. The van der Waals surface area contributed by atoms with Gasteiger partial charge >= 0.3 is 0 Å². The number of benzene rings is 1. The van der Waals surface area contributed by atoms with Crippen LogP contribution in [0.3, 0.4) is 0 Å². The van der Waals surface area contributed by atoms with E-state index in [1.54, 1.807) is 6.07 Å². The van der Waals surface area contributed by atoms with Crippen LogP contribution in [0.5, 0.6) is 0 Å². The van der Waals surface area contributed by atoms with Gasteiger partial charge in [0.05, 0.1) is 5.02 Å². The van der Waals surface area contributed by atoms with Crippen molar-refractivity contribution in [1.29, 1.82) is 0 Å². The van der Waals surface area contributed by atoms with Crippen molar-refractivity contribution in [2.24, 2.45) is 0 Å². The van der Waals surface area contributed by atoms with Gasteiger partial charge in [0.25, 0.3) is 0 Å². The maximum absolute atomic E-state index is 13.5. The molecule has 0 saturated carbocycles. The summed E-state index contributed by atoms with van der Waals surface area (Å²) in [5.41, 5.74) is 0.619. The molecule has 114 valence electrons. The molecule has 1 saturated heterocycles. The lowest BCUT2D eigenvalue weighted by Gasteiger charge is -2.38. The SMILES string of the molecule is CCC1NC(=O)C(CC)N(Cc2ccc(Cl)c(F)c2)C1=O. The Balaban J connectivity index is 2.26. The molecule has 1 aliphatic rings. The third kappa shape index (κ3) is 3.18. The highest BCUT2D eigenvalue weighted by Gasteiger charge is 2.38. The van der Waals surface area contributed by atoms with E-state index >= 15 is 0 Å². The molecule has 0 spiro atoms. The van der Waals surface area contributed by atoms with Crippen LogP contribution in [0.25, 0.3) is 0 Å². The molecule has 0 aromatic heterocycles. The van der Waals surface area contributed by atoms with Crippen LogP contribution in [-0.2, 0) is 16.1 Å². The topological polar surface area (TPSA) is 49.4 Å². The Morgan fingerprint density at radius 3 is 2.57 bits per heavy atom. The molecule has 1 aliphatic heterocycles. The highest BCUT2D eigenvalue weighted by molar-refractivity contribution is 6.30. The van der Waals surface area contributed by atoms with Crippen LogP contribution in [0.1, 0.15) is 32.3 Å². The lowest BCUT2D eigenvalue weighted by atomic mass is 10.0. The van der Waals surface area contributed by atoms with E-state index in [2.05, 4.69) is 5.32 Å². The number of amides is 2. The van der Waals surface area contributed by atoms with Gasteiger partial charge in [-0.05, 0) is 30.5 Å². The molecule has 1 aromatic rings. The highest BCUT2D eigenvalue weighted by atomic mass is 35.5. The maximum Gasteiger partial charge on any atom is 0.246 e. The second-order valence-corrected chi connectivity index (χ2v) is 5.52. The Bertz CT molecular complexity index is 565. The van der Waals surface area contributed by atoms with Crippen molar-refractivity contribution in [3.05, 3.63) is 34.6 Å². The number of nitrogens with zero attached hydrogens (tertiary/aromatic N) is 1. The van der Waals surface area contributed by atoms with Gasteiger partial charge in [-0.2, -0.15) is 0 Å². The minimum atomic E-state index is -0.525. The Labute approximate surface area is 128 Å². The molecule has 0 radical (unpaired) electrons. The van der Waals surface area contributed by atoms with Gasteiger partial charge < -0.3 is 10.2 Å². The number of rotatable bonds is 4. The standard InChI is InChI=1S/C15H18ClFN2O2/c1-3-12-15(21)19(13(4-2)14(20)18-12)8-9-5-6-10(16)11(17)7-9/h5-7,12-13H,3-4,8H2,1-2H3,(H,18,20). The van der Waals surface area contributed by atoms with Gasteiger partial charge in [0.15, 0.2) is 0 Å². The maximum atomic E-state index is 13.5. The van der Waals surface area contributed by atoms with Crippen LogP contribution in [0.2, 0.25) is 5.02 Å². The summed E-state index contributed by atoms with van der Waals surface area (Å²) in [6.45, 7) is 3.89. The zero-order valence-electron chi connectivity index (χ0n) is 12.0. The first kappa shape index (κ1) is 15.8. The normalized spacial score (nSPS) is 22.4. The molecule has 6 heteroatoms. The van der Waals surface area contributed by atoms with Crippen LogP contribution in [0.4, 0.5) is 4.39 Å². The molecule has 1 heterocycles. The van der Waals surface area contributed by atoms with Crippen LogP contribution in [-0.4, -0.2) is 28.8 Å². The van der Waals surface area contributed by atoms with Crippen LogP contribution >= 0.6 is 11.6 Å². The zero-order chi connectivity index (χ0) is 15.6. The monoisotopic (exact) mass is 312 g/mol. The number of hydrogen-bond donors (Lipinski definition) is 1. The molecule has 2 amide bonds. The summed E-state index contributed by atoms with van der Waals surface area (Å²) in [7, 11) is 0. The fraction of sp³-hybridized carbons (Fsp3) is 0.467. The molecular weight excluding hydrogens is 295 g/mol. The van der Waals surface area contributed by atoms with Gasteiger partial charge in [-0.1, -0.05) is 31.5 Å². The summed E-state index contributed by atoms with van der Waals surface area (Å²) in [5, 5.41) is 2.77. The van der Waals surface area contributed by atoms with Gasteiger partial charge in [-0.15, -0.1) is 0 Å². The Kier molecular flexibility index (Phi) is 4.83. The van der Waals surface area contributed by atoms with E-state index in [-0.39, 0.29) is 23.4 Å². The number of nitrogens with one attached hydrogen (secondary N) is 1. The molecule has 1 aromatic carbocycles. The van der Waals surface area contributed by atoms with Gasteiger partial charge in [0, 0.05) is 6.54 Å². The second-order valence-electron chi connectivity index (χ2n) is 5.11. The molecule has 2 rings (SSSR count). The van der Waals surface area contributed by atoms with Crippen molar-refractivity contribution in [1.82, 2.24) is 10.2 Å². The van der Waals surface area contributed by atoms with E-state index in [0.29, 0.717) is 18.4 Å². The molecular formula is C15H18ClFN2O2. The van der Waals surface area contributed by atoms with Crippen LogP contribution in [0, 0.1) is 5.82 Å². The van der Waals surface area contributed by atoms with Crippen molar-refractivity contribution in [2.45, 2.75) is 45.3 Å². The average molecular weight is 313 g/mol. The summed E-state index contributed by atoms with van der Waals surface area (Å²) >= 11 is 5.66. The molecule has 2 unspecified atom stereocenters. The number of hydrogen-bond acceptors (Lipinski definition) is 2. The first-order chi connectivity index (χ1) is 9.97. The number of piperazine rings is 1. The van der Waals surface area contributed by atoms with Gasteiger partial charge in [0.2, 0.25) is 11.8 Å². The Morgan fingerprint density at radius 2 is 2.00 bits per heavy atom. The highest BCUT2D eigenvalue weighted by Crippen LogP contribution is 2.21. The van der Waals surface area contributed by atoms with E-state index in [1.807, 2.05) is 13.8 Å². The first-order valence-corrected chi connectivity index (χ1v) is 7.40. The summed E-state index contributed by atoms with van der Waals surface area (Å²) in [6.07, 6.45) is 1.05. The lowest BCUT2D eigenvalue weighted by Crippen LogP contribution is -2.62. The summed E-state index contributed by atoms with van der Waals surface area (Å²) in [6, 6.07) is 3.41. The zero-order valence-corrected chi connectivity index (χ0v) is 12.8. The Hall–Kier alpha value is -1.62. The number of halogens is 2. The van der Waals surface area contributed by atoms with E-state index in [1.165, 1.54) is 17.0 Å². The predicted molar refractivity (Wildman–Crippen MR) is 78.3 cm³/mol. The minimum absolute atomic E-state index is 0.0416. The fourth-order valence-electron chi connectivity index (χ4n) is 2.53. The minimum Gasteiger partial charge on any atom is -0.343 e. The smallest absolute Gasteiger partial charge is 0.246 e. The van der Waals surface area contributed by atoms with Crippen molar-refractivity contribution < 1.29 is 14.0 Å².